The van der Waals surface area contributed by atoms with Crippen molar-refractivity contribution in [3.63, 3.8) is 0 Å². The Morgan fingerprint density at radius 2 is 1.96 bits per heavy atom. The van der Waals surface area contributed by atoms with Crippen LogP contribution in [0.1, 0.15) is 34.5 Å². The largest absolute Gasteiger partial charge is 0.450 e. The standard InChI is InChI=1S/C18H22N2O3/c1-12-9-13(2)17-14(10-12)15(21)11-16(23-17)18(22)19-5-8-20-6-3-4-7-20/h9-11H,3-8H2,1-2H3,(H,19,22). The summed E-state index contributed by atoms with van der Waals surface area (Å²) in [5, 5.41) is 3.36. The first-order valence-corrected chi connectivity index (χ1v) is 8.10. The minimum absolute atomic E-state index is 0.0795. The molecule has 1 aromatic carbocycles. The second-order valence-electron chi connectivity index (χ2n) is 6.24. The molecule has 2 aromatic rings. The second-order valence-corrected chi connectivity index (χ2v) is 6.24. The Morgan fingerprint density at radius 3 is 2.70 bits per heavy atom. The lowest BCUT2D eigenvalue weighted by molar-refractivity contribution is 0.0922. The van der Waals surface area contributed by atoms with Gasteiger partial charge in [-0.15, -0.1) is 0 Å². The molecule has 3 rings (SSSR count). The van der Waals surface area contributed by atoms with Gasteiger partial charge in [0.1, 0.15) is 5.58 Å². The van der Waals surface area contributed by atoms with Crippen molar-refractivity contribution in [1.29, 1.82) is 0 Å². The zero-order valence-electron chi connectivity index (χ0n) is 13.6. The summed E-state index contributed by atoms with van der Waals surface area (Å²) in [6, 6.07) is 5.02. The molecule has 0 radical (unpaired) electrons. The summed E-state index contributed by atoms with van der Waals surface area (Å²) in [6.45, 7) is 7.41. The molecule has 0 bridgehead atoms. The topological polar surface area (TPSA) is 62.6 Å². The third kappa shape index (κ3) is 3.45. The molecule has 2 heterocycles. The Morgan fingerprint density at radius 1 is 1.22 bits per heavy atom. The maximum atomic E-state index is 12.2. The summed E-state index contributed by atoms with van der Waals surface area (Å²) >= 11 is 0. The van der Waals surface area contributed by atoms with Crippen molar-refractivity contribution in [3.05, 3.63) is 45.3 Å². The first-order chi connectivity index (χ1) is 11.0. The lowest BCUT2D eigenvalue weighted by Gasteiger charge is -2.14. The molecule has 1 fully saturated rings. The van der Waals surface area contributed by atoms with E-state index in [-0.39, 0.29) is 17.1 Å². The number of rotatable bonds is 4. The third-order valence-electron chi connectivity index (χ3n) is 4.29. The van der Waals surface area contributed by atoms with Gasteiger partial charge in [0.05, 0.1) is 5.39 Å². The molecule has 5 nitrogen and oxygen atoms in total. The molecule has 0 aliphatic carbocycles. The SMILES string of the molecule is Cc1cc(C)c2oc(C(=O)NCCN3CCCC3)cc(=O)c2c1. The van der Waals surface area contributed by atoms with Crippen LogP contribution in [0.2, 0.25) is 0 Å². The van der Waals surface area contributed by atoms with Gasteiger partial charge in [-0.1, -0.05) is 6.07 Å². The van der Waals surface area contributed by atoms with Crippen LogP contribution in [0.5, 0.6) is 0 Å². The van der Waals surface area contributed by atoms with E-state index in [0.717, 1.165) is 30.8 Å². The minimum atomic E-state index is -0.330. The molecular weight excluding hydrogens is 292 g/mol. The van der Waals surface area contributed by atoms with E-state index in [1.807, 2.05) is 19.9 Å². The molecule has 1 aromatic heterocycles. The molecular formula is C18H22N2O3. The first kappa shape index (κ1) is 15.7. The van der Waals surface area contributed by atoms with Gasteiger partial charge in [0.15, 0.2) is 11.2 Å². The molecule has 122 valence electrons. The monoisotopic (exact) mass is 314 g/mol. The number of nitrogens with zero attached hydrogens (tertiary/aromatic N) is 1. The van der Waals surface area contributed by atoms with E-state index in [2.05, 4.69) is 10.2 Å². The Balaban J connectivity index is 1.76. The molecule has 1 saturated heterocycles. The maximum Gasteiger partial charge on any atom is 0.287 e. The highest BCUT2D eigenvalue weighted by Crippen LogP contribution is 2.19. The zero-order valence-corrected chi connectivity index (χ0v) is 13.6. The van der Waals surface area contributed by atoms with E-state index in [1.165, 1.54) is 18.9 Å². The summed E-state index contributed by atoms with van der Waals surface area (Å²) in [5.41, 5.74) is 2.18. The van der Waals surface area contributed by atoms with E-state index in [1.54, 1.807) is 6.07 Å². The van der Waals surface area contributed by atoms with Gasteiger partial charge in [-0.2, -0.15) is 0 Å². The predicted octanol–water partition coefficient (Wildman–Crippen LogP) is 2.24. The number of likely N-dealkylation sites (tertiary alicyclic amines) is 1. The summed E-state index contributed by atoms with van der Waals surface area (Å²) in [4.78, 5) is 26.8. The van der Waals surface area contributed by atoms with Crippen molar-refractivity contribution in [2.45, 2.75) is 26.7 Å². The fraction of sp³-hybridized carbons (Fsp3) is 0.444. The molecule has 0 spiro atoms. The van der Waals surface area contributed by atoms with Crippen LogP contribution in [0.15, 0.2) is 27.4 Å². The van der Waals surface area contributed by atoms with Crippen LogP contribution in [0, 0.1) is 13.8 Å². The average Bonchev–Trinajstić information content (AvgIpc) is 3.01. The van der Waals surface area contributed by atoms with E-state index >= 15 is 0 Å². The molecule has 1 N–H and O–H groups in total. The summed E-state index contributed by atoms with van der Waals surface area (Å²) in [5.74, 6) is -0.251. The number of carbonyl (C=O) groups excluding carboxylic acids is 1. The van der Waals surface area contributed by atoms with Crippen molar-refractivity contribution >= 4 is 16.9 Å². The van der Waals surface area contributed by atoms with Gasteiger partial charge in [-0.3, -0.25) is 9.59 Å². The molecule has 0 saturated carbocycles. The number of carbonyl (C=O) groups is 1. The molecule has 5 heteroatoms. The number of benzene rings is 1. The fourth-order valence-electron chi connectivity index (χ4n) is 3.14. The molecule has 0 atom stereocenters. The van der Waals surface area contributed by atoms with E-state index in [9.17, 15) is 9.59 Å². The van der Waals surface area contributed by atoms with Gasteiger partial charge in [0, 0.05) is 19.2 Å². The average molecular weight is 314 g/mol. The van der Waals surface area contributed by atoms with Gasteiger partial charge in [-0.05, 0) is 57.0 Å². The van der Waals surface area contributed by atoms with Crippen LogP contribution in [0.3, 0.4) is 0 Å². The molecule has 0 unspecified atom stereocenters. The van der Waals surface area contributed by atoms with Crippen LogP contribution in [0.25, 0.3) is 11.0 Å². The summed E-state index contributed by atoms with van der Waals surface area (Å²) < 4.78 is 5.69. The predicted molar refractivity (Wildman–Crippen MR) is 90.0 cm³/mol. The van der Waals surface area contributed by atoms with Crippen molar-refractivity contribution < 1.29 is 9.21 Å². The second kappa shape index (κ2) is 6.54. The minimum Gasteiger partial charge on any atom is -0.450 e. The lowest BCUT2D eigenvalue weighted by Crippen LogP contribution is -2.33. The molecule has 1 amide bonds. The van der Waals surface area contributed by atoms with Crippen LogP contribution in [-0.4, -0.2) is 37.0 Å². The first-order valence-electron chi connectivity index (χ1n) is 8.10. The Hall–Kier alpha value is -2.14. The molecule has 1 aliphatic heterocycles. The highest BCUT2D eigenvalue weighted by molar-refractivity contribution is 5.93. The van der Waals surface area contributed by atoms with Crippen molar-refractivity contribution in [3.8, 4) is 0 Å². The van der Waals surface area contributed by atoms with Crippen LogP contribution < -0.4 is 10.7 Å². The van der Waals surface area contributed by atoms with Crippen LogP contribution in [0.4, 0.5) is 0 Å². The van der Waals surface area contributed by atoms with Gasteiger partial charge in [0.2, 0.25) is 0 Å². The Bertz CT molecular complexity index is 789. The van der Waals surface area contributed by atoms with Gasteiger partial charge in [-0.25, -0.2) is 0 Å². The van der Waals surface area contributed by atoms with Crippen molar-refractivity contribution in [2.75, 3.05) is 26.2 Å². The van der Waals surface area contributed by atoms with Crippen LogP contribution in [-0.2, 0) is 0 Å². The normalized spacial score (nSPS) is 15.2. The van der Waals surface area contributed by atoms with E-state index in [0.29, 0.717) is 17.5 Å². The highest BCUT2D eigenvalue weighted by Gasteiger charge is 2.15. The summed E-state index contributed by atoms with van der Waals surface area (Å²) in [6.07, 6.45) is 2.46. The molecule has 23 heavy (non-hydrogen) atoms. The number of fused-ring (bicyclic) bond motifs is 1. The Labute approximate surface area is 135 Å². The Kier molecular flexibility index (Phi) is 4.48. The lowest BCUT2D eigenvalue weighted by atomic mass is 10.1. The maximum absolute atomic E-state index is 12.2. The fourth-order valence-corrected chi connectivity index (χ4v) is 3.14. The number of hydrogen-bond acceptors (Lipinski definition) is 4. The van der Waals surface area contributed by atoms with Gasteiger partial charge in [0.25, 0.3) is 5.91 Å². The zero-order chi connectivity index (χ0) is 16.4. The quantitative estimate of drug-likeness (QED) is 0.940. The van der Waals surface area contributed by atoms with Crippen molar-refractivity contribution in [2.24, 2.45) is 0 Å². The number of hydrogen-bond donors (Lipinski definition) is 1. The highest BCUT2D eigenvalue weighted by atomic mass is 16.3. The summed E-state index contributed by atoms with van der Waals surface area (Å²) in [7, 11) is 0. The third-order valence-corrected chi connectivity index (χ3v) is 4.29. The van der Waals surface area contributed by atoms with E-state index < -0.39 is 0 Å². The molecule has 1 aliphatic rings. The number of nitrogens with one attached hydrogen (secondary N) is 1. The van der Waals surface area contributed by atoms with Crippen molar-refractivity contribution in [1.82, 2.24) is 10.2 Å². The number of amides is 1. The van der Waals surface area contributed by atoms with Crippen LogP contribution >= 0.6 is 0 Å². The number of aryl methyl sites for hydroxylation is 2. The van der Waals surface area contributed by atoms with Gasteiger partial charge < -0.3 is 14.6 Å². The smallest absolute Gasteiger partial charge is 0.287 e. The van der Waals surface area contributed by atoms with E-state index in [4.69, 9.17) is 4.42 Å². The van der Waals surface area contributed by atoms with Gasteiger partial charge >= 0.3 is 0 Å².